The molecule has 0 aromatic heterocycles. The number of carbonyl (C=O) groups is 1. The van der Waals surface area contributed by atoms with Crippen LogP contribution in [0.3, 0.4) is 0 Å². The van der Waals surface area contributed by atoms with Gasteiger partial charge in [0.2, 0.25) is 15.9 Å². The van der Waals surface area contributed by atoms with Gasteiger partial charge in [-0.15, -0.1) is 0 Å². The van der Waals surface area contributed by atoms with Crippen LogP contribution in [0.2, 0.25) is 0 Å². The third kappa shape index (κ3) is 3.26. The Morgan fingerprint density at radius 3 is 2.67 bits per heavy atom. The standard InChI is InChI=1S/C17H17FN2O3S/c1-24(22,23)20(15-7-4-6-14(18)11-15)12-17(21)19-10-9-13-5-2-3-8-16(13)19/h2-8,11H,9-10,12H2,1H3. The van der Waals surface area contributed by atoms with Crippen LogP contribution in [0, 0.1) is 5.82 Å². The van der Waals surface area contributed by atoms with Crippen molar-refractivity contribution in [3.8, 4) is 0 Å². The summed E-state index contributed by atoms with van der Waals surface area (Å²) in [4.78, 5) is 14.2. The molecule has 1 heterocycles. The van der Waals surface area contributed by atoms with Crippen LogP contribution in [0.15, 0.2) is 48.5 Å². The van der Waals surface area contributed by atoms with E-state index in [1.54, 1.807) is 4.90 Å². The van der Waals surface area contributed by atoms with Crippen molar-refractivity contribution in [2.24, 2.45) is 0 Å². The van der Waals surface area contributed by atoms with Gasteiger partial charge >= 0.3 is 0 Å². The number of amides is 1. The molecule has 1 aliphatic heterocycles. The number of anilines is 2. The summed E-state index contributed by atoms with van der Waals surface area (Å²) in [5.74, 6) is -0.894. The molecule has 1 amide bonds. The fourth-order valence-electron chi connectivity index (χ4n) is 2.84. The number of fused-ring (bicyclic) bond motifs is 1. The number of benzene rings is 2. The van der Waals surface area contributed by atoms with E-state index in [4.69, 9.17) is 0 Å². The molecule has 5 nitrogen and oxygen atoms in total. The van der Waals surface area contributed by atoms with E-state index < -0.39 is 15.8 Å². The molecule has 0 bridgehead atoms. The molecule has 0 fully saturated rings. The van der Waals surface area contributed by atoms with Gasteiger partial charge in [-0.25, -0.2) is 12.8 Å². The van der Waals surface area contributed by atoms with Gasteiger partial charge in [-0.2, -0.15) is 0 Å². The molecule has 0 spiro atoms. The van der Waals surface area contributed by atoms with Crippen LogP contribution in [0.25, 0.3) is 0 Å². The molecule has 0 saturated carbocycles. The molecule has 0 atom stereocenters. The van der Waals surface area contributed by atoms with Gasteiger partial charge in [-0.1, -0.05) is 24.3 Å². The SMILES string of the molecule is CS(=O)(=O)N(CC(=O)N1CCc2ccccc21)c1cccc(F)c1. The van der Waals surface area contributed by atoms with Gasteiger partial charge in [0, 0.05) is 12.2 Å². The van der Waals surface area contributed by atoms with Crippen LogP contribution in [0.5, 0.6) is 0 Å². The minimum Gasteiger partial charge on any atom is -0.310 e. The molecule has 2 aromatic carbocycles. The Labute approximate surface area is 140 Å². The molecular weight excluding hydrogens is 331 g/mol. The topological polar surface area (TPSA) is 57.7 Å². The molecule has 0 unspecified atom stereocenters. The molecule has 0 radical (unpaired) electrons. The largest absolute Gasteiger partial charge is 0.310 e. The fourth-order valence-corrected chi connectivity index (χ4v) is 3.68. The summed E-state index contributed by atoms with van der Waals surface area (Å²) in [5.41, 5.74) is 2.00. The number of para-hydroxylation sites is 1. The Morgan fingerprint density at radius 2 is 1.96 bits per heavy atom. The monoisotopic (exact) mass is 348 g/mol. The number of hydrogen-bond acceptors (Lipinski definition) is 3. The van der Waals surface area contributed by atoms with E-state index >= 15 is 0 Å². The van der Waals surface area contributed by atoms with Gasteiger partial charge in [0.25, 0.3) is 0 Å². The lowest BCUT2D eigenvalue weighted by molar-refractivity contribution is -0.117. The van der Waals surface area contributed by atoms with Crippen LogP contribution in [0.4, 0.5) is 15.8 Å². The highest BCUT2D eigenvalue weighted by atomic mass is 32.2. The fraction of sp³-hybridized carbons (Fsp3) is 0.235. The van der Waals surface area contributed by atoms with E-state index in [9.17, 15) is 17.6 Å². The number of hydrogen-bond donors (Lipinski definition) is 0. The summed E-state index contributed by atoms with van der Waals surface area (Å²) < 4.78 is 38.5. The van der Waals surface area contributed by atoms with Crippen LogP contribution in [0.1, 0.15) is 5.56 Å². The van der Waals surface area contributed by atoms with Crippen LogP contribution >= 0.6 is 0 Å². The lowest BCUT2D eigenvalue weighted by Crippen LogP contribution is -2.42. The quantitative estimate of drug-likeness (QED) is 0.851. The van der Waals surface area contributed by atoms with Crippen LogP contribution in [-0.2, 0) is 21.2 Å². The number of sulfonamides is 1. The van der Waals surface area contributed by atoms with E-state index in [0.29, 0.717) is 6.54 Å². The van der Waals surface area contributed by atoms with Crippen molar-refractivity contribution in [1.29, 1.82) is 0 Å². The van der Waals surface area contributed by atoms with Crippen LogP contribution in [-0.4, -0.2) is 33.7 Å². The Bertz CT molecular complexity index is 883. The Kier molecular flexibility index (Phi) is 4.28. The Hall–Kier alpha value is -2.41. The number of nitrogens with zero attached hydrogens (tertiary/aromatic N) is 2. The predicted octanol–water partition coefficient (Wildman–Crippen LogP) is 2.18. The van der Waals surface area contributed by atoms with E-state index in [1.165, 1.54) is 18.2 Å². The lowest BCUT2D eigenvalue weighted by Gasteiger charge is -2.25. The third-order valence-electron chi connectivity index (χ3n) is 3.96. The summed E-state index contributed by atoms with van der Waals surface area (Å²) in [6, 6.07) is 12.7. The van der Waals surface area contributed by atoms with Gasteiger partial charge in [0.1, 0.15) is 12.4 Å². The minimum atomic E-state index is -3.72. The summed E-state index contributed by atoms with van der Waals surface area (Å²) in [7, 11) is -3.72. The second kappa shape index (κ2) is 6.24. The van der Waals surface area contributed by atoms with E-state index in [0.717, 1.165) is 34.3 Å². The summed E-state index contributed by atoms with van der Waals surface area (Å²) in [6.07, 6.45) is 1.74. The van der Waals surface area contributed by atoms with Gasteiger partial charge in [-0.3, -0.25) is 9.10 Å². The molecule has 0 N–H and O–H groups in total. The summed E-state index contributed by atoms with van der Waals surface area (Å²) in [5, 5.41) is 0. The first-order chi connectivity index (χ1) is 11.4. The van der Waals surface area contributed by atoms with Crippen LogP contribution < -0.4 is 9.21 Å². The van der Waals surface area contributed by atoms with Crippen molar-refractivity contribution in [2.75, 3.05) is 28.6 Å². The molecule has 24 heavy (non-hydrogen) atoms. The zero-order valence-corrected chi connectivity index (χ0v) is 14.0. The first-order valence-corrected chi connectivity index (χ1v) is 9.32. The zero-order chi connectivity index (χ0) is 17.3. The van der Waals surface area contributed by atoms with Crippen molar-refractivity contribution in [3.05, 3.63) is 59.9 Å². The summed E-state index contributed by atoms with van der Waals surface area (Å²) >= 11 is 0. The van der Waals surface area contributed by atoms with Crippen molar-refractivity contribution in [3.63, 3.8) is 0 Å². The summed E-state index contributed by atoms with van der Waals surface area (Å²) in [6.45, 7) is 0.148. The van der Waals surface area contributed by atoms with Crippen molar-refractivity contribution in [2.45, 2.75) is 6.42 Å². The lowest BCUT2D eigenvalue weighted by atomic mass is 10.2. The second-order valence-electron chi connectivity index (χ2n) is 5.67. The maximum Gasteiger partial charge on any atom is 0.247 e. The highest BCUT2D eigenvalue weighted by Gasteiger charge is 2.28. The molecule has 126 valence electrons. The molecule has 2 aromatic rings. The molecule has 7 heteroatoms. The maximum absolute atomic E-state index is 13.4. The smallest absolute Gasteiger partial charge is 0.247 e. The molecule has 1 aliphatic rings. The van der Waals surface area contributed by atoms with Gasteiger partial charge in [0.05, 0.1) is 11.9 Å². The average molecular weight is 348 g/mol. The highest BCUT2D eigenvalue weighted by molar-refractivity contribution is 7.92. The first kappa shape index (κ1) is 16.4. The van der Waals surface area contributed by atoms with E-state index in [1.807, 2.05) is 24.3 Å². The number of rotatable bonds is 4. The zero-order valence-electron chi connectivity index (χ0n) is 13.1. The average Bonchev–Trinajstić information content (AvgIpc) is 2.95. The normalized spacial score (nSPS) is 13.7. The van der Waals surface area contributed by atoms with Crippen molar-refractivity contribution >= 4 is 27.3 Å². The second-order valence-corrected chi connectivity index (χ2v) is 7.58. The van der Waals surface area contributed by atoms with Crippen molar-refractivity contribution < 1.29 is 17.6 Å². The van der Waals surface area contributed by atoms with Crippen molar-refractivity contribution in [1.82, 2.24) is 0 Å². The molecule has 0 saturated heterocycles. The number of carbonyl (C=O) groups excluding carboxylic acids is 1. The molecular formula is C17H17FN2O3S. The Morgan fingerprint density at radius 1 is 1.21 bits per heavy atom. The van der Waals surface area contributed by atoms with Gasteiger partial charge in [-0.05, 0) is 36.2 Å². The molecule has 3 rings (SSSR count). The maximum atomic E-state index is 13.4. The third-order valence-corrected chi connectivity index (χ3v) is 5.10. The molecule has 0 aliphatic carbocycles. The number of halogens is 1. The van der Waals surface area contributed by atoms with Gasteiger partial charge in [0.15, 0.2) is 0 Å². The van der Waals surface area contributed by atoms with Gasteiger partial charge < -0.3 is 4.90 Å². The minimum absolute atomic E-state index is 0.137. The first-order valence-electron chi connectivity index (χ1n) is 7.48. The Balaban J connectivity index is 1.88. The highest BCUT2D eigenvalue weighted by Crippen LogP contribution is 2.28. The predicted molar refractivity (Wildman–Crippen MR) is 91.1 cm³/mol. The van der Waals surface area contributed by atoms with E-state index in [2.05, 4.69) is 0 Å². The van der Waals surface area contributed by atoms with E-state index in [-0.39, 0.29) is 18.1 Å².